The molecule has 0 radical (unpaired) electrons. The van der Waals surface area contributed by atoms with Gasteiger partial charge in [0.25, 0.3) is 0 Å². The summed E-state index contributed by atoms with van der Waals surface area (Å²) in [7, 11) is 1.72. The van der Waals surface area contributed by atoms with E-state index >= 15 is 0 Å². The number of ether oxygens (including phenoxy) is 1. The third-order valence-corrected chi connectivity index (χ3v) is 8.40. The summed E-state index contributed by atoms with van der Waals surface area (Å²) in [6.45, 7) is 7.63. The van der Waals surface area contributed by atoms with E-state index < -0.39 is 0 Å². The van der Waals surface area contributed by atoms with Crippen LogP contribution in [0.5, 0.6) is 5.75 Å². The van der Waals surface area contributed by atoms with Gasteiger partial charge in [-0.3, -0.25) is 4.79 Å². The van der Waals surface area contributed by atoms with E-state index in [0.717, 1.165) is 90.5 Å². The zero-order valence-electron chi connectivity index (χ0n) is 21.9. The molecule has 0 spiro atoms. The number of hydrogen-bond donors (Lipinski definition) is 0. The molecule has 1 aliphatic carbocycles. The molecule has 2 aliphatic heterocycles. The van der Waals surface area contributed by atoms with Crippen LogP contribution in [0.4, 0.5) is 17.1 Å². The number of hydrogen-bond acceptors (Lipinski definition) is 7. The van der Waals surface area contributed by atoms with E-state index in [0.29, 0.717) is 17.2 Å². The number of nitrogens with zero attached hydrogens (tertiary/aromatic N) is 4. The molecule has 4 aromatic rings. The summed E-state index contributed by atoms with van der Waals surface area (Å²) in [5, 5.41) is 5.45. The van der Waals surface area contributed by atoms with Crippen molar-refractivity contribution in [3.63, 3.8) is 0 Å². The fraction of sp³-hybridized carbons (Fsp3) is 0.355. The molecular formula is C31H32N4O3. The zero-order chi connectivity index (χ0) is 25.8. The van der Waals surface area contributed by atoms with Crippen LogP contribution >= 0.6 is 0 Å². The molecule has 3 heterocycles. The highest BCUT2D eigenvalue weighted by Crippen LogP contribution is 2.47. The SMILES string of the molecule is COc1ccccc1N1CCN(c2cc(N3CCC[C@@H](C)C3)c3c4c(onc24)-c2ccccc2C3=O)CC1. The molecule has 0 unspecified atom stereocenters. The maximum absolute atomic E-state index is 14.0. The topological polar surface area (TPSA) is 62.1 Å². The highest BCUT2D eigenvalue weighted by molar-refractivity contribution is 6.28. The van der Waals surface area contributed by atoms with Crippen molar-refractivity contribution in [1.29, 1.82) is 0 Å². The monoisotopic (exact) mass is 508 g/mol. The molecule has 2 saturated heterocycles. The van der Waals surface area contributed by atoms with Crippen molar-refractivity contribution in [2.75, 3.05) is 61.1 Å². The number of para-hydroxylation sites is 2. The Bertz CT molecular complexity index is 1540. The molecule has 0 N–H and O–H groups in total. The Labute approximate surface area is 222 Å². The van der Waals surface area contributed by atoms with Gasteiger partial charge in [0.15, 0.2) is 11.5 Å². The molecule has 194 valence electrons. The number of ketones is 1. The Morgan fingerprint density at radius 1 is 0.868 bits per heavy atom. The lowest BCUT2D eigenvalue weighted by Crippen LogP contribution is -2.47. The van der Waals surface area contributed by atoms with Gasteiger partial charge in [-0.15, -0.1) is 0 Å². The lowest BCUT2D eigenvalue weighted by Gasteiger charge is -2.39. The van der Waals surface area contributed by atoms with Gasteiger partial charge < -0.3 is 24.0 Å². The zero-order valence-corrected chi connectivity index (χ0v) is 21.9. The number of fused-ring (bicyclic) bond motifs is 2. The highest BCUT2D eigenvalue weighted by Gasteiger charge is 2.36. The molecular weight excluding hydrogens is 476 g/mol. The average molecular weight is 509 g/mol. The standard InChI is InChI=1S/C31H32N4O3/c1-20-8-7-13-35(19-20)24-18-25(34-16-14-33(15-17-34)23-11-5-6-12-26(23)37-2)29-28-27(24)30(36)21-9-3-4-10-22(21)31(28)38-32-29/h3-6,9-12,18,20H,7-8,13-17,19H2,1-2H3/t20-/m1/s1. The van der Waals surface area contributed by atoms with E-state index in [1.165, 1.54) is 6.42 Å². The number of piperazine rings is 1. The minimum absolute atomic E-state index is 0.0714. The van der Waals surface area contributed by atoms with E-state index in [2.05, 4.69) is 45.0 Å². The molecule has 1 aromatic heterocycles. The summed E-state index contributed by atoms with van der Waals surface area (Å²) in [6, 6.07) is 18.2. The number of carbonyl (C=O) groups is 1. The molecule has 2 fully saturated rings. The van der Waals surface area contributed by atoms with Crippen LogP contribution in [0.1, 0.15) is 35.7 Å². The van der Waals surface area contributed by atoms with Crippen molar-refractivity contribution in [2.45, 2.75) is 19.8 Å². The number of anilines is 3. The van der Waals surface area contributed by atoms with Crippen LogP contribution in [-0.2, 0) is 0 Å². The Balaban J connectivity index is 1.32. The molecule has 3 aliphatic rings. The minimum Gasteiger partial charge on any atom is -0.495 e. The summed E-state index contributed by atoms with van der Waals surface area (Å²) in [6.07, 6.45) is 2.36. The van der Waals surface area contributed by atoms with Crippen LogP contribution in [0, 0.1) is 5.92 Å². The van der Waals surface area contributed by atoms with Gasteiger partial charge in [-0.05, 0) is 37.0 Å². The van der Waals surface area contributed by atoms with Crippen LogP contribution in [-0.4, -0.2) is 57.3 Å². The third kappa shape index (κ3) is 3.56. The van der Waals surface area contributed by atoms with E-state index in [4.69, 9.17) is 9.26 Å². The molecule has 7 rings (SSSR count). The van der Waals surface area contributed by atoms with Crippen molar-refractivity contribution in [1.82, 2.24) is 5.16 Å². The maximum Gasteiger partial charge on any atom is 0.196 e. The van der Waals surface area contributed by atoms with Crippen molar-refractivity contribution in [3.05, 3.63) is 65.7 Å². The van der Waals surface area contributed by atoms with Crippen LogP contribution in [0.3, 0.4) is 0 Å². The lowest BCUT2D eigenvalue weighted by atomic mass is 9.85. The van der Waals surface area contributed by atoms with E-state index in [9.17, 15) is 4.79 Å². The number of rotatable bonds is 4. The molecule has 0 bridgehead atoms. The second-order valence-corrected chi connectivity index (χ2v) is 10.7. The average Bonchev–Trinajstić information content (AvgIpc) is 3.41. The van der Waals surface area contributed by atoms with E-state index in [1.54, 1.807) is 7.11 Å². The first kappa shape index (κ1) is 23.1. The molecule has 7 heteroatoms. The quantitative estimate of drug-likeness (QED) is 0.313. The van der Waals surface area contributed by atoms with Gasteiger partial charge in [-0.2, -0.15) is 0 Å². The summed E-state index contributed by atoms with van der Waals surface area (Å²) < 4.78 is 11.6. The lowest BCUT2D eigenvalue weighted by molar-refractivity contribution is 0.104. The van der Waals surface area contributed by atoms with E-state index in [1.807, 2.05) is 36.4 Å². The Kier molecular flexibility index (Phi) is 5.53. The summed E-state index contributed by atoms with van der Waals surface area (Å²) in [5.41, 5.74) is 6.27. The highest BCUT2D eigenvalue weighted by atomic mass is 16.5. The minimum atomic E-state index is 0.0714. The third-order valence-electron chi connectivity index (χ3n) is 8.40. The summed E-state index contributed by atoms with van der Waals surface area (Å²) in [4.78, 5) is 21.2. The van der Waals surface area contributed by atoms with Crippen molar-refractivity contribution >= 4 is 33.7 Å². The molecule has 0 saturated carbocycles. The number of methoxy groups -OCH3 is 1. The van der Waals surface area contributed by atoms with Gasteiger partial charge in [-0.25, -0.2) is 0 Å². The predicted molar refractivity (Wildman–Crippen MR) is 151 cm³/mol. The largest absolute Gasteiger partial charge is 0.495 e. The number of piperidine rings is 1. The van der Waals surface area contributed by atoms with Gasteiger partial charge in [-0.1, -0.05) is 48.5 Å². The molecule has 7 nitrogen and oxygen atoms in total. The maximum atomic E-state index is 14.0. The van der Waals surface area contributed by atoms with Crippen LogP contribution in [0.15, 0.2) is 59.1 Å². The Hall–Kier alpha value is -4.00. The Morgan fingerprint density at radius 3 is 2.34 bits per heavy atom. The fourth-order valence-electron chi connectivity index (χ4n) is 6.50. The van der Waals surface area contributed by atoms with Gasteiger partial charge in [0.05, 0.1) is 35.1 Å². The number of carbonyl (C=O) groups excluding carboxylic acids is 1. The second-order valence-electron chi connectivity index (χ2n) is 10.7. The molecule has 0 amide bonds. The predicted octanol–water partition coefficient (Wildman–Crippen LogP) is 5.61. The van der Waals surface area contributed by atoms with Crippen molar-refractivity contribution in [2.24, 2.45) is 5.92 Å². The number of benzene rings is 3. The van der Waals surface area contributed by atoms with Crippen molar-refractivity contribution < 1.29 is 14.1 Å². The van der Waals surface area contributed by atoms with Crippen LogP contribution in [0.25, 0.3) is 22.2 Å². The van der Waals surface area contributed by atoms with Crippen LogP contribution in [0.2, 0.25) is 0 Å². The van der Waals surface area contributed by atoms with Gasteiger partial charge in [0, 0.05) is 50.4 Å². The molecule has 38 heavy (non-hydrogen) atoms. The fourth-order valence-corrected chi connectivity index (χ4v) is 6.50. The summed E-state index contributed by atoms with van der Waals surface area (Å²) in [5.74, 6) is 2.27. The first-order chi connectivity index (χ1) is 18.6. The van der Waals surface area contributed by atoms with Crippen LogP contribution < -0.4 is 19.4 Å². The first-order valence-electron chi connectivity index (χ1n) is 13.6. The molecule has 1 atom stereocenters. The van der Waals surface area contributed by atoms with Gasteiger partial charge >= 0.3 is 0 Å². The number of aromatic nitrogens is 1. The second kappa shape index (κ2) is 9.08. The molecule has 3 aromatic carbocycles. The Morgan fingerprint density at radius 2 is 1.58 bits per heavy atom. The van der Waals surface area contributed by atoms with E-state index in [-0.39, 0.29) is 5.78 Å². The summed E-state index contributed by atoms with van der Waals surface area (Å²) >= 11 is 0. The smallest absolute Gasteiger partial charge is 0.196 e. The normalized spacial score (nSPS) is 19.2. The van der Waals surface area contributed by atoms with Gasteiger partial charge in [0.1, 0.15) is 11.3 Å². The van der Waals surface area contributed by atoms with Gasteiger partial charge in [0.2, 0.25) is 0 Å². The van der Waals surface area contributed by atoms with Crippen molar-refractivity contribution in [3.8, 4) is 17.1 Å². The first-order valence-corrected chi connectivity index (χ1v) is 13.6.